The van der Waals surface area contributed by atoms with Crippen molar-refractivity contribution in [2.24, 2.45) is 0 Å². The fourth-order valence-corrected chi connectivity index (χ4v) is 2.91. The summed E-state index contributed by atoms with van der Waals surface area (Å²) in [5.74, 6) is 0.224. The number of nitrogens with zero attached hydrogens (tertiary/aromatic N) is 1. The summed E-state index contributed by atoms with van der Waals surface area (Å²) >= 11 is 0. The minimum Gasteiger partial charge on any atom is -0.507 e. The second-order valence-electron chi connectivity index (χ2n) is 5.69. The maximum atomic E-state index is 10.3. The molecule has 2 N–H and O–H groups in total. The van der Waals surface area contributed by atoms with Gasteiger partial charge in [0, 0.05) is 16.5 Å². The first-order chi connectivity index (χ1) is 11.7. The number of aromatic amines is 1. The highest BCUT2D eigenvalue weighted by Gasteiger charge is 2.10. The molecule has 4 aromatic rings. The summed E-state index contributed by atoms with van der Waals surface area (Å²) < 4.78 is 0. The van der Waals surface area contributed by atoms with E-state index in [1.165, 1.54) is 0 Å². The van der Waals surface area contributed by atoms with E-state index in [2.05, 4.69) is 11.1 Å². The number of benzene rings is 3. The van der Waals surface area contributed by atoms with Crippen LogP contribution in [-0.2, 0) is 0 Å². The lowest BCUT2D eigenvalue weighted by atomic mass is 10.0. The largest absolute Gasteiger partial charge is 0.507 e. The molecular formula is C21H14N2O. The lowest BCUT2D eigenvalue weighted by Crippen LogP contribution is -1.82. The van der Waals surface area contributed by atoms with Crippen LogP contribution in [0.3, 0.4) is 0 Å². The van der Waals surface area contributed by atoms with Gasteiger partial charge in [-0.05, 0) is 47.5 Å². The van der Waals surface area contributed by atoms with Crippen LogP contribution in [0.4, 0.5) is 0 Å². The molecule has 0 atom stereocenters. The summed E-state index contributed by atoms with van der Waals surface area (Å²) in [6, 6.07) is 25.3. The van der Waals surface area contributed by atoms with Gasteiger partial charge in [0.1, 0.15) is 5.75 Å². The van der Waals surface area contributed by atoms with Crippen LogP contribution in [0.1, 0.15) is 5.56 Å². The number of hydrogen-bond acceptors (Lipinski definition) is 2. The van der Waals surface area contributed by atoms with Crippen LogP contribution in [0.15, 0.2) is 72.8 Å². The van der Waals surface area contributed by atoms with Crippen LogP contribution in [0.2, 0.25) is 0 Å². The van der Waals surface area contributed by atoms with Gasteiger partial charge in [0.2, 0.25) is 0 Å². The lowest BCUT2D eigenvalue weighted by Gasteiger charge is -2.07. The monoisotopic (exact) mass is 310 g/mol. The molecule has 4 rings (SSSR count). The molecule has 0 spiro atoms. The van der Waals surface area contributed by atoms with Crippen LogP contribution in [0.25, 0.3) is 33.3 Å². The molecule has 0 aliphatic rings. The Morgan fingerprint density at radius 1 is 0.833 bits per heavy atom. The number of aromatic nitrogens is 1. The highest BCUT2D eigenvalue weighted by atomic mass is 16.3. The third-order valence-corrected chi connectivity index (χ3v) is 4.14. The van der Waals surface area contributed by atoms with Gasteiger partial charge in [0.25, 0.3) is 0 Å². The fraction of sp³-hybridized carbons (Fsp3) is 0. The highest BCUT2D eigenvalue weighted by molar-refractivity contribution is 5.89. The average Bonchev–Trinajstić information content (AvgIpc) is 3.05. The van der Waals surface area contributed by atoms with E-state index in [1.807, 2.05) is 60.7 Å². The van der Waals surface area contributed by atoms with Crippen molar-refractivity contribution < 1.29 is 5.11 Å². The zero-order valence-corrected chi connectivity index (χ0v) is 12.8. The Morgan fingerprint density at radius 3 is 2.46 bits per heavy atom. The molecule has 0 aliphatic heterocycles. The minimum absolute atomic E-state index is 0.224. The number of fused-ring (bicyclic) bond motifs is 1. The first-order valence-electron chi connectivity index (χ1n) is 7.66. The molecule has 0 unspecified atom stereocenters. The van der Waals surface area contributed by atoms with Crippen molar-refractivity contribution in [2.45, 2.75) is 0 Å². The van der Waals surface area contributed by atoms with E-state index in [0.29, 0.717) is 5.56 Å². The van der Waals surface area contributed by atoms with Crippen LogP contribution in [-0.4, -0.2) is 10.1 Å². The second kappa shape index (κ2) is 5.60. The first-order valence-corrected chi connectivity index (χ1v) is 7.66. The fourth-order valence-electron chi connectivity index (χ4n) is 2.91. The van der Waals surface area contributed by atoms with E-state index in [1.54, 1.807) is 12.1 Å². The maximum absolute atomic E-state index is 10.3. The number of hydrogen-bond donors (Lipinski definition) is 2. The Bertz CT molecular complexity index is 1070. The Kier molecular flexibility index (Phi) is 3.29. The smallest absolute Gasteiger partial charge is 0.124 e. The minimum atomic E-state index is 0.224. The third-order valence-electron chi connectivity index (χ3n) is 4.14. The van der Waals surface area contributed by atoms with Crippen molar-refractivity contribution in [1.82, 2.24) is 4.98 Å². The van der Waals surface area contributed by atoms with Gasteiger partial charge >= 0.3 is 0 Å². The molecule has 3 heteroatoms. The Hall–Kier alpha value is -3.51. The SMILES string of the molecule is N#Cc1ccc2[nH]c(-c3cc(-c4ccccc4)ccc3O)cc2c1. The van der Waals surface area contributed by atoms with Gasteiger partial charge in [-0.1, -0.05) is 36.4 Å². The standard InChI is InChI=1S/C21H14N2O/c22-13-14-6-8-19-17(10-14)12-20(23-19)18-11-16(7-9-21(18)24)15-4-2-1-3-5-15/h1-12,23-24H. The number of nitrogens with one attached hydrogen (secondary N) is 1. The number of H-pyrrole nitrogens is 1. The van der Waals surface area contributed by atoms with Gasteiger partial charge in [0.15, 0.2) is 0 Å². The molecule has 1 heterocycles. The number of nitriles is 1. The van der Waals surface area contributed by atoms with Crippen molar-refractivity contribution in [1.29, 1.82) is 5.26 Å². The van der Waals surface area contributed by atoms with E-state index in [9.17, 15) is 5.11 Å². The molecule has 0 bridgehead atoms. The normalized spacial score (nSPS) is 10.6. The molecule has 114 valence electrons. The number of rotatable bonds is 2. The number of phenols is 1. The van der Waals surface area contributed by atoms with Crippen LogP contribution in [0.5, 0.6) is 5.75 Å². The van der Waals surface area contributed by atoms with Gasteiger partial charge in [-0.25, -0.2) is 0 Å². The van der Waals surface area contributed by atoms with E-state index in [4.69, 9.17) is 5.26 Å². The molecule has 0 amide bonds. The van der Waals surface area contributed by atoms with Crippen LogP contribution < -0.4 is 0 Å². The van der Waals surface area contributed by atoms with E-state index >= 15 is 0 Å². The topological polar surface area (TPSA) is 59.8 Å². The van der Waals surface area contributed by atoms with E-state index in [-0.39, 0.29) is 5.75 Å². The van der Waals surface area contributed by atoms with Gasteiger partial charge in [-0.2, -0.15) is 5.26 Å². The van der Waals surface area contributed by atoms with Crippen LogP contribution >= 0.6 is 0 Å². The van der Waals surface area contributed by atoms with Crippen molar-refractivity contribution in [2.75, 3.05) is 0 Å². The molecular weight excluding hydrogens is 296 g/mol. The summed E-state index contributed by atoms with van der Waals surface area (Å²) in [5.41, 5.74) is 5.27. The zero-order chi connectivity index (χ0) is 16.5. The molecule has 3 aromatic carbocycles. The quantitative estimate of drug-likeness (QED) is 0.542. The summed E-state index contributed by atoms with van der Waals surface area (Å²) in [6.07, 6.45) is 0. The Balaban J connectivity index is 1.85. The lowest BCUT2D eigenvalue weighted by molar-refractivity contribution is 0.477. The molecule has 0 fully saturated rings. The summed E-state index contributed by atoms with van der Waals surface area (Å²) in [7, 11) is 0. The predicted octanol–water partition coefficient (Wildman–Crippen LogP) is 5.08. The Morgan fingerprint density at radius 2 is 1.67 bits per heavy atom. The van der Waals surface area contributed by atoms with E-state index in [0.717, 1.165) is 33.3 Å². The Labute approximate surface area is 139 Å². The van der Waals surface area contributed by atoms with Gasteiger partial charge in [0.05, 0.1) is 17.3 Å². The molecule has 3 nitrogen and oxygen atoms in total. The highest BCUT2D eigenvalue weighted by Crippen LogP contribution is 2.34. The first kappa shape index (κ1) is 14.1. The van der Waals surface area contributed by atoms with Gasteiger partial charge in [-0.3, -0.25) is 0 Å². The maximum Gasteiger partial charge on any atom is 0.124 e. The zero-order valence-electron chi connectivity index (χ0n) is 12.8. The predicted molar refractivity (Wildman–Crippen MR) is 95.6 cm³/mol. The molecule has 1 aromatic heterocycles. The molecule has 0 saturated heterocycles. The van der Waals surface area contributed by atoms with Crippen molar-refractivity contribution >= 4 is 10.9 Å². The van der Waals surface area contributed by atoms with Crippen molar-refractivity contribution in [3.8, 4) is 34.2 Å². The molecule has 24 heavy (non-hydrogen) atoms. The number of aromatic hydroxyl groups is 1. The van der Waals surface area contributed by atoms with Gasteiger partial charge < -0.3 is 10.1 Å². The summed E-state index contributed by atoms with van der Waals surface area (Å²) in [4.78, 5) is 3.31. The molecule has 0 saturated carbocycles. The van der Waals surface area contributed by atoms with Crippen molar-refractivity contribution in [3.05, 3.63) is 78.4 Å². The average molecular weight is 310 g/mol. The van der Waals surface area contributed by atoms with E-state index < -0.39 is 0 Å². The van der Waals surface area contributed by atoms with Crippen molar-refractivity contribution in [3.63, 3.8) is 0 Å². The van der Waals surface area contributed by atoms with Crippen LogP contribution in [0, 0.1) is 11.3 Å². The third kappa shape index (κ3) is 2.41. The summed E-state index contributed by atoms with van der Waals surface area (Å²) in [5, 5.41) is 20.3. The second-order valence-corrected chi connectivity index (χ2v) is 5.69. The number of phenolic OH excluding ortho intramolecular Hbond substituents is 1. The molecule has 0 aliphatic carbocycles. The van der Waals surface area contributed by atoms with Gasteiger partial charge in [-0.15, -0.1) is 0 Å². The molecule has 0 radical (unpaired) electrons. The summed E-state index contributed by atoms with van der Waals surface area (Å²) in [6.45, 7) is 0.